The second-order valence-electron chi connectivity index (χ2n) is 6.37. The minimum absolute atomic E-state index is 0.0508. The molecule has 0 amide bonds. The summed E-state index contributed by atoms with van der Waals surface area (Å²) in [4.78, 5) is 0. The van der Waals surface area contributed by atoms with Crippen LogP contribution in [-0.4, -0.2) is 27.1 Å². The fourth-order valence-corrected chi connectivity index (χ4v) is 5.61. The number of aryl methyl sites for hydroxylation is 2. The average molecular weight is 311 g/mol. The van der Waals surface area contributed by atoms with E-state index in [9.17, 15) is 0 Å². The molecule has 0 aliphatic rings. The van der Waals surface area contributed by atoms with Crippen LogP contribution in [0.5, 0.6) is 0 Å². The van der Waals surface area contributed by atoms with Gasteiger partial charge in [0.1, 0.15) is 0 Å². The molecule has 1 aromatic carbocycles. The Kier molecular flexibility index (Phi) is 6.59. The van der Waals surface area contributed by atoms with E-state index in [4.69, 9.17) is 13.3 Å². The van der Waals surface area contributed by atoms with E-state index >= 15 is 0 Å². The molecule has 0 spiro atoms. The molecule has 3 nitrogen and oxygen atoms in total. The predicted molar refractivity (Wildman–Crippen MR) is 90.0 cm³/mol. The zero-order valence-corrected chi connectivity index (χ0v) is 15.7. The van der Waals surface area contributed by atoms with Crippen LogP contribution in [0.25, 0.3) is 0 Å². The fourth-order valence-electron chi connectivity index (χ4n) is 2.36. The molecule has 0 saturated carbocycles. The first-order chi connectivity index (χ1) is 9.66. The summed E-state index contributed by atoms with van der Waals surface area (Å²) in [7, 11) is -2.93. The van der Waals surface area contributed by atoms with Crippen molar-refractivity contribution in [1.82, 2.24) is 0 Å². The maximum absolute atomic E-state index is 6.26. The van der Waals surface area contributed by atoms with Gasteiger partial charge >= 0.3 is 8.80 Å². The Hall–Kier alpha value is -0.683. The maximum Gasteiger partial charge on any atom is 0.538 e. The topological polar surface area (TPSA) is 27.7 Å². The molecule has 0 fully saturated rings. The molecule has 0 N–H and O–H groups in total. The van der Waals surface area contributed by atoms with E-state index in [-0.39, 0.29) is 18.3 Å². The molecule has 0 aliphatic heterocycles. The van der Waals surface area contributed by atoms with Crippen molar-refractivity contribution >= 4 is 14.0 Å². The minimum atomic E-state index is -2.93. The van der Waals surface area contributed by atoms with Gasteiger partial charge in [0.15, 0.2) is 0 Å². The van der Waals surface area contributed by atoms with Crippen LogP contribution >= 0.6 is 0 Å². The first kappa shape index (κ1) is 18.4. The molecule has 1 rings (SSSR count). The molecule has 0 bridgehead atoms. The summed E-state index contributed by atoms with van der Waals surface area (Å²) in [5, 5.41) is 1.07. The van der Waals surface area contributed by atoms with E-state index < -0.39 is 8.80 Å². The lowest BCUT2D eigenvalue weighted by Crippen LogP contribution is -2.61. The smallest absolute Gasteiger partial charge is 0.367 e. The summed E-state index contributed by atoms with van der Waals surface area (Å²) in [6.07, 6.45) is 0.152. The molecule has 0 aliphatic carbocycles. The number of hydrogen-bond donors (Lipinski definition) is 0. The molecule has 4 heteroatoms. The van der Waals surface area contributed by atoms with Gasteiger partial charge in [-0.25, -0.2) is 0 Å². The summed E-state index contributed by atoms with van der Waals surface area (Å²) in [5.74, 6) is 0. The zero-order chi connectivity index (χ0) is 16.2. The molecule has 0 aromatic heterocycles. The van der Waals surface area contributed by atoms with Crippen molar-refractivity contribution in [2.45, 2.75) is 73.7 Å². The van der Waals surface area contributed by atoms with Gasteiger partial charge in [0.05, 0.1) is 0 Å². The van der Waals surface area contributed by atoms with Gasteiger partial charge in [-0.1, -0.05) is 23.8 Å². The summed E-state index contributed by atoms with van der Waals surface area (Å²) >= 11 is 0. The fraction of sp³-hybridized carbons (Fsp3) is 0.647. The van der Waals surface area contributed by atoms with Gasteiger partial charge in [0.25, 0.3) is 0 Å². The maximum atomic E-state index is 6.26. The van der Waals surface area contributed by atoms with Gasteiger partial charge in [0.2, 0.25) is 0 Å². The minimum Gasteiger partial charge on any atom is -0.367 e. The molecule has 0 heterocycles. The van der Waals surface area contributed by atoms with E-state index in [1.807, 2.05) is 41.5 Å². The van der Waals surface area contributed by atoms with Gasteiger partial charge in [0, 0.05) is 23.5 Å². The Morgan fingerprint density at radius 3 is 1.52 bits per heavy atom. The lowest BCUT2D eigenvalue weighted by molar-refractivity contribution is 0.0153. The molecule has 1 aromatic rings. The number of benzene rings is 1. The van der Waals surface area contributed by atoms with Crippen molar-refractivity contribution in [3.63, 3.8) is 0 Å². The Balaban J connectivity index is 3.36. The Morgan fingerprint density at radius 1 is 0.762 bits per heavy atom. The van der Waals surface area contributed by atoms with E-state index in [1.54, 1.807) is 0 Å². The molecule has 0 unspecified atom stereocenters. The normalized spacial score (nSPS) is 12.7. The first-order valence-electron chi connectivity index (χ1n) is 7.77. The van der Waals surface area contributed by atoms with Crippen molar-refractivity contribution in [1.29, 1.82) is 0 Å². The van der Waals surface area contributed by atoms with Crippen LogP contribution in [-0.2, 0) is 13.3 Å². The molecule has 0 atom stereocenters. The third kappa shape index (κ3) is 5.22. The zero-order valence-electron chi connectivity index (χ0n) is 14.7. The molecule has 0 saturated heterocycles. The second-order valence-corrected chi connectivity index (χ2v) is 8.73. The van der Waals surface area contributed by atoms with E-state index in [0.717, 1.165) is 5.19 Å². The standard InChI is InChI=1S/C17H30O3Si/c1-12(2)18-21(19-13(3)4,20-14(5)6)17-10-9-15(7)11-16(17)8/h9-14H,1-8H3. The van der Waals surface area contributed by atoms with E-state index in [2.05, 4.69) is 32.0 Å². The first-order valence-corrected chi connectivity index (χ1v) is 9.50. The van der Waals surface area contributed by atoms with Crippen molar-refractivity contribution in [3.05, 3.63) is 29.3 Å². The van der Waals surface area contributed by atoms with Crippen molar-refractivity contribution in [3.8, 4) is 0 Å². The number of hydrogen-bond acceptors (Lipinski definition) is 3. The average Bonchev–Trinajstić information content (AvgIpc) is 2.24. The van der Waals surface area contributed by atoms with Gasteiger partial charge in [-0.3, -0.25) is 0 Å². The van der Waals surface area contributed by atoms with Crippen LogP contribution in [0, 0.1) is 13.8 Å². The Morgan fingerprint density at radius 2 is 1.19 bits per heavy atom. The SMILES string of the molecule is Cc1ccc([Si](OC(C)C)(OC(C)C)OC(C)C)c(C)c1. The second kappa shape index (κ2) is 7.54. The third-order valence-electron chi connectivity index (χ3n) is 2.88. The van der Waals surface area contributed by atoms with Gasteiger partial charge in [-0.15, -0.1) is 0 Å². The van der Waals surface area contributed by atoms with Crippen molar-refractivity contribution in [2.24, 2.45) is 0 Å². The predicted octanol–water partition coefficient (Wildman–Crippen LogP) is 3.72. The summed E-state index contributed by atoms with van der Waals surface area (Å²) in [5.41, 5.74) is 2.40. The molecular weight excluding hydrogens is 280 g/mol. The highest BCUT2D eigenvalue weighted by Crippen LogP contribution is 2.20. The van der Waals surface area contributed by atoms with Gasteiger partial charge in [-0.05, 0) is 61.0 Å². The van der Waals surface area contributed by atoms with Crippen LogP contribution in [0.4, 0.5) is 0 Å². The lowest BCUT2D eigenvalue weighted by atomic mass is 10.2. The Bertz CT molecular complexity index is 429. The van der Waals surface area contributed by atoms with Crippen LogP contribution in [0.3, 0.4) is 0 Å². The highest BCUT2D eigenvalue weighted by atomic mass is 28.4. The molecule has 120 valence electrons. The highest BCUT2D eigenvalue weighted by Gasteiger charge is 2.47. The summed E-state index contributed by atoms with van der Waals surface area (Å²) in [6.45, 7) is 16.4. The van der Waals surface area contributed by atoms with Gasteiger partial charge in [-0.2, -0.15) is 0 Å². The Labute approximate surface area is 131 Å². The van der Waals surface area contributed by atoms with Crippen LogP contribution in [0.15, 0.2) is 18.2 Å². The largest absolute Gasteiger partial charge is 0.538 e. The molecule has 0 radical (unpaired) electrons. The quantitative estimate of drug-likeness (QED) is 0.718. The lowest BCUT2D eigenvalue weighted by Gasteiger charge is -2.35. The summed E-state index contributed by atoms with van der Waals surface area (Å²) in [6, 6.07) is 6.36. The number of rotatable bonds is 7. The van der Waals surface area contributed by atoms with Crippen LogP contribution in [0.1, 0.15) is 52.7 Å². The van der Waals surface area contributed by atoms with E-state index in [1.165, 1.54) is 11.1 Å². The van der Waals surface area contributed by atoms with Crippen molar-refractivity contribution in [2.75, 3.05) is 0 Å². The molecule has 21 heavy (non-hydrogen) atoms. The van der Waals surface area contributed by atoms with Crippen LogP contribution < -0.4 is 5.19 Å². The monoisotopic (exact) mass is 310 g/mol. The van der Waals surface area contributed by atoms with Crippen LogP contribution in [0.2, 0.25) is 0 Å². The van der Waals surface area contributed by atoms with Gasteiger partial charge < -0.3 is 13.3 Å². The van der Waals surface area contributed by atoms with Crippen molar-refractivity contribution < 1.29 is 13.3 Å². The third-order valence-corrected chi connectivity index (χ3v) is 6.45. The highest BCUT2D eigenvalue weighted by molar-refractivity contribution is 6.76. The molecular formula is C17H30O3Si. The van der Waals surface area contributed by atoms with E-state index in [0.29, 0.717) is 0 Å². The summed E-state index contributed by atoms with van der Waals surface area (Å²) < 4.78 is 18.8.